The number of nitrogens with one attached hydrogen (secondary N) is 1. The number of pyridine rings is 1. The molecule has 2 aliphatic rings. The van der Waals surface area contributed by atoms with Crippen LogP contribution in [-0.2, 0) is 19.6 Å². The lowest BCUT2D eigenvalue weighted by Crippen LogP contribution is -2.53. The zero-order valence-corrected chi connectivity index (χ0v) is 24.8. The summed E-state index contributed by atoms with van der Waals surface area (Å²) in [7, 11) is -3.98. The molecule has 13 heteroatoms. The lowest BCUT2D eigenvalue weighted by molar-refractivity contribution is -0.128. The number of alkyl halides is 2. The first-order valence-corrected chi connectivity index (χ1v) is 15.8. The lowest BCUT2D eigenvalue weighted by atomic mass is 9.91. The van der Waals surface area contributed by atoms with E-state index in [9.17, 15) is 31.2 Å². The van der Waals surface area contributed by atoms with Crippen LogP contribution in [0.2, 0.25) is 5.02 Å². The average molecular weight is 635 g/mol. The normalized spacial score (nSPS) is 20.4. The molecule has 1 aliphatic carbocycles. The predicted molar refractivity (Wildman–Crippen MR) is 157 cm³/mol. The van der Waals surface area contributed by atoms with E-state index in [0.29, 0.717) is 5.56 Å². The molecule has 228 valence electrons. The molecule has 1 aromatic heterocycles. The molecule has 1 saturated heterocycles. The molecule has 1 aliphatic heterocycles. The molecule has 8 nitrogen and oxygen atoms in total. The van der Waals surface area contributed by atoms with E-state index >= 15 is 0 Å². The van der Waals surface area contributed by atoms with Crippen LogP contribution in [0.15, 0.2) is 66.9 Å². The highest BCUT2D eigenvalue weighted by Crippen LogP contribution is 2.38. The van der Waals surface area contributed by atoms with E-state index in [1.54, 1.807) is 25.1 Å². The standard InChI is InChI=1S/C30H30ClF3N4O4S/c1-19-11-15-35-26(17-19)38-25(12-16-43(38,41)42)29(40)37(22-6-4-5-20(32)18-22)27(23-7-2-3-8-24(23)31)28(39)36-21-9-13-30(33,34)14-10-21/h2-8,11,15,17-18,21,25,27H,9-10,12-14,16H2,1H3,(H,36,39)/t25-,27+/m0/s1. The van der Waals surface area contributed by atoms with Crippen molar-refractivity contribution in [3.63, 3.8) is 0 Å². The zero-order valence-electron chi connectivity index (χ0n) is 23.2. The van der Waals surface area contributed by atoms with Crippen molar-refractivity contribution in [1.29, 1.82) is 0 Å². The number of halogens is 4. The summed E-state index contributed by atoms with van der Waals surface area (Å²) < 4.78 is 69.7. The van der Waals surface area contributed by atoms with Crippen molar-refractivity contribution in [2.45, 2.75) is 63.1 Å². The predicted octanol–water partition coefficient (Wildman–Crippen LogP) is 5.56. The molecule has 5 rings (SSSR count). The molecule has 2 heterocycles. The van der Waals surface area contributed by atoms with E-state index in [-0.39, 0.29) is 47.1 Å². The van der Waals surface area contributed by atoms with Gasteiger partial charge in [0.25, 0.3) is 5.91 Å². The van der Waals surface area contributed by atoms with Gasteiger partial charge in [-0.2, -0.15) is 0 Å². The minimum atomic E-state index is -3.98. The number of amides is 2. The Bertz CT molecular complexity index is 1630. The minimum Gasteiger partial charge on any atom is -0.351 e. The van der Waals surface area contributed by atoms with Crippen molar-refractivity contribution in [1.82, 2.24) is 10.3 Å². The highest BCUT2D eigenvalue weighted by Gasteiger charge is 2.47. The van der Waals surface area contributed by atoms with Crippen molar-refractivity contribution in [2.24, 2.45) is 0 Å². The first kappa shape index (κ1) is 30.8. The summed E-state index contributed by atoms with van der Waals surface area (Å²) in [4.78, 5) is 33.9. The number of hydrogen-bond acceptors (Lipinski definition) is 5. The summed E-state index contributed by atoms with van der Waals surface area (Å²) in [5.74, 6) is -5.35. The van der Waals surface area contributed by atoms with Crippen LogP contribution in [0.4, 0.5) is 24.7 Å². The first-order valence-electron chi connectivity index (χ1n) is 13.8. The minimum absolute atomic E-state index is 0.0123. The topological polar surface area (TPSA) is 99.7 Å². The Morgan fingerprint density at radius 3 is 2.47 bits per heavy atom. The number of anilines is 2. The fraction of sp³-hybridized carbons (Fsp3) is 0.367. The van der Waals surface area contributed by atoms with Gasteiger partial charge in [-0.3, -0.25) is 14.5 Å². The zero-order chi connectivity index (χ0) is 30.9. The van der Waals surface area contributed by atoms with Crippen molar-refractivity contribution >= 4 is 44.9 Å². The van der Waals surface area contributed by atoms with Gasteiger partial charge in [0.2, 0.25) is 21.9 Å². The van der Waals surface area contributed by atoms with Crippen LogP contribution >= 0.6 is 11.6 Å². The quantitative estimate of drug-likeness (QED) is 0.367. The van der Waals surface area contributed by atoms with Crippen molar-refractivity contribution in [3.05, 3.63) is 88.8 Å². The Labute approximate surface area is 252 Å². The van der Waals surface area contributed by atoms with Gasteiger partial charge in [0.05, 0.1) is 5.75 Å². The molecule has 0 bridgehead atoms. The summed E-state index contributed by atoms with van der Waals surface area (Å²) in [6, 6.07) is 11.1. The average Bonchev–Trinajstić information content (AvgIpc) is 3.27. The highest BCUT2D eigenvalue weighted by molar-refractivity contribution is 7.93. The van der Waals surface area contributed by atoms with Gasteiger partial charge in [-0.05, 0) is 68.1 Å². The molecule has 2 aromatic carbocycles. The maximum absolute atomic E-state index is 14.6. The summed E-state index contributed by atoms with van der Waals surface area (Å²) in [5.41, 5.74) is 0.898. The largest absolute Gasteiger partial charge is 0.351 e. The number of nitrogens with zero attached hydrogens (tertiary/aromatic N) is 3. The Kier molecular flexibility index (Phi) is 8.71. The van der Waals surface area contributed by atoms with Gasteiger partial charge in [-0.25, -0.2) is 30.9 Å². The van der Waals surface area contributed by atoms with Crippen LogP contribution in [0.25, 0.3) is 0 Å². The molecule has 2 amide bonds. The van der Waals surface area contributed by atoms with Crippen molar-refractivity contribution < 1.29 is 31.2 Å². The maximum Gasteiger partial charge on any atom is 0.252 e. The maximum atomic E-state index is 14.6. The van der Waals surface area contributed by atoms with E-state index in [4.69, 9.17) is 11.6 Å². The van der Waals surface area contributed by atoms with Crippen molar-refractivity contribution in [2.75, 3.05) is 15.0 Å². The first-order chi connectivity index (χ1) is 20.4. The molecular formula is C30H30ClF3N4O4S. The van der Waals surface area contributed by atoms with Crippen LogP contribution in [-0.4, -0.2) is 49.0 Å². The van der Waals surface area contributed by atoms with Gasteiger partial charge in [0.15, 0.2) is 0 Å². The molecule has 1 N–H and O–H groups in total. The fourth-order valence-electron chi connectivity index (χ4n) is 5.59. The molecule has 0 spiro atoms. The number of carbonyl (C=O) groups excluding carboxylic acids is 2. The van der Waals surface area contributed by atoms with Crippen LogP contribution < -0.4 is 14.5 Å². The van der Waals surface area contributed by atoms with E-state index < -0.39 is 64.5 Å². The number of aryl methyl sites for hydroxylation is 1. The highest BCUT2D eigenvalue weighted by atomic mass is 35.5. The number of carbonyl (C=O) groups is 2. The molecule has 2 fully saturated rings. The summed E-state index contributed by atoms with van der Waals surface area (Å²) >= 11 is 6.55. The Morgan fingerprint density at radius 1 is 1.07 bits per heavy atom. The molecule has 0 unspecified atom stereocenters. The number of sulfonamides is 1. The molecular weight excluding hydrogens is 605 g/mol. The van der Waals surface area contributed by atoms with Gasteiger partial charge in [0, 0.05) is 41.4 Å². The summed E-state index contributed by atoms with van der Waals surface area (Å²) in [6.45, 7) is 1.75. The number of rotatable bonds is 7. The smallest absolute Gasteiger partial charge is 0.252 e. The monoisotopic (exact) mass is 634 g/mol. The van der Waals surface area contributed by atoms with Crippen LogP contribution in [0, 0.1) is 12.7 Å². The summed E-state index contributed by atoms with van der Waals surface area (Å²) in [6.07, 6.45) is 0.555. The Balaban J connectivity index is 1.61. The van der Waals surface area contributed by atoms with E-state index in [1.807, 2.05) is 0 Å². The van der Waals surface area contributed by atoms with Gasteiger partial charge in [-0.15, -0.1) is 0 Å². The second kappa shape index (κ2) is 12.2. The molecule has 0 radical (unpaired) electrons. The molecule has 2 atom stereocenters. The van der Waals surface area contributed by atoms with Crippen molar-refractivity contribution in [3.8, 4) is 0 Å². The SMILES string of the molecule is Cc1ccnc(N2[C@H](C(=O)N(c3cccc(F)c3)[C@@H](C(=O)NC3CCC(F)(F)CC3)c3ccccc3Cl)CCS2(=O)=O)c1. The van der Waals surface area contributed by atoms with Gasteiger partial charge in [0.1, 0.15) is 23.7 Å². The number of hydrogen-bond donors (Lipinski definition) is 1. The van der Waals surface area contributed by atoms with E-state index in [0.717, 1.165) is 15.3 Å². The number of benzene rings is 2. The van der Waals surface area contributed by atoms with E-state index in [1.165, 1.54) is 42.6 Å². The van der Waals surface area contributed by atoms with E-state index in [2.05, 4.69) is 10.3 Å². The molecule has 3 aromatic rings. The third-order valence-electron chi connectivity index (χ3n) is 7.74. The Morgan fingerprint density at radius 2 is 1.79 bits per heavy atom. The van der Waals surface area contributed by atoms with Crippen LogP contribution in [0.1, 0.15) is 49.3 Å². The molecule has 43 heavy (non-hydrogen) atoms. The third-order valence-corrected chi connectivity index (χ3v) is 9.87. The summed E-state index contributed by atoms with van der Waals surface area (Å²) in [5, 5.41) is 2.92. The second-order valence-electron chi connectivity index (χ2n) is 10.9. The van der Waals surface area contributed by atoms with Crippen LogP contribution in [0.3, 0.4) is 0 Å². The number of aromatic nitrogens is 1. The van der Waals surface area contributed by atoms with Crippen LogP contribution in [0.5, 0.6) is 0 Å². The van der Waals surface area contributed by atoms with Gasteiger partial charge >= 0.3 is 0 Å². The lowest BCUT2D eigenvalue weighted by Gasteiger charge is -2.37. The molecule has 1 saturated carbocycles. The third kappa shape index (κ3) is 6.65. The van der Waals surface area contributed by atoms with Gasteiger partial charge in [-0.1, -0.05) is 35.9 Å². The fourth-order valence-corrected chi connectivity index (χ4v) is 7.51. The van der Waals surface area contributed by atoms with Gasteiger partial charge < -0.3 is 5.32 Å². The second-order valence-corrected chi connectivity index (χ2v) is 13.2. The Hall–Kier alpha value is -3.64.